The van der Waals surface area contributed by atoms with Gasteiger partial charge in [0.05, 0.1) is 0 Å². The van der Waals surface area contributed by atoms with Gasteiger partial charge in [0.1, 0.15) is 5.60 Å². The number of rotatable bonds is 3. The summed E-state index contributed by atoms with van der Waals surface area (Å²) < 4.78 is 0. The predicted octanol–water partition coefficient (Wildman–Crippen LogP) is 0.358. The number of aliphatic hydroxyl groups is 1. The molecular formula is C11H22N2O2. The standard InChI is InChI=1S/C11H22N2O2/c1-4-13-7-5-9(6-8-13)12-10(14)11(2,3)15/h9,15H,4-8H2,1-3H3,(H,12,14). The minimum atomic E-state index is -1.26. The summed E-state index contributed by atoms with van der Waals surface area (Å²) in [6, 6.07) is 0.228. The Kier molecular flexibility index (Phi) is 4.11. The normalized spacial score (nSPS) is 20.3. The molecule has 0 aromatic rings. The number of carbonyl (C=O) groups is 1. The first kappa shape index (κ1) is 12.5. The van der Waals surface area contributed by atoms with Crippen LogP contribution in [0, 0.1) is 0 Å². The van der Waals surface area contributed by atoms with E-state index in [-0.39, 0.29) is 11.9 Å². The first-order valence-corrected chi connectivity index (χ1v) is 5.69. The van der Waals surface area contributed by atoms with Crippen LogP contribution < -0.4 is 5.32 Å². The lowest BCUT2D eigenvalue weighted by Gasteiger charge is -2.32. The summed E-state index contributed by atoms with van der Waals surface area (Å²) in [5.41, 5.74) is -1.26. The third-order valence-corrected chi connectivity index (χ3v) is 2.93. The van der Waals surface area contributed by atoms with E-state index in [1.807, 2.05) is 0 Å². The van der Waals surface area contributed by atoms with E-state index in [4.69, 9.17) is 0 Å². The molecule has 0 aromatic heterocycles. The summed E-state index contributed by atoms with van der Waals surface area (Å²) in [6.07, 6.45) is 1.96. The van der Waals surface area contributed by atoms with Crippen molar-refractivity contribution in [1.82, 2.24) is 10.2 Å². The van der Waals surface area contributed by atoms with Crippen LogP contribution in [0.3, 0.4) is 0 Å². The Labute approximate surface area is 91.6 Å². The van der Waals surface area contributed by atoms with Gasteiger partial charge in [-0.1, -0.05) is 6.92 Å². The quantitative estimate of drug-likeness (QED) is 0.713. The van der Waals surface area contributed by atoms with Gasteiger partial charge < -0.3 is 15.3 Å². The summed E-state index contributed by atoms with van der Waals surface area (Å²) in [5, 5.41) is 12.4. The van der Waals surface area contributed by atoms with Crippen molar-refractivity contribution in [2.45, 2.75) is 45.3 Å². The number of hydrogen-bond acceptors (Lipinski definition) is 3. The lowest BCUT2D eigenvalue weighted by atomic mass is 10.0. The lowest BCUT2D eigenvalue weighted by Crippen LogP contribution is -2.50. The first-order chi connectivity index (χ1) is 6.93. The van der Waals surface area contributed by atoms with Crippen LogP contribution in [0.2, 0.25) is 0 Å². The fourth-order valence-corrected chi connectivity index (χ4v) is 1.76. The van der Waals surface area contributed by atoms with Crippen LogP contribution in [0.4, 0.5) is 0 Å². The Balaban J connectivity index is 2.33. The fraction of sp³-hybridized carbons (Fsp3) is 0.909. The highest BCUT2D eigenvalue weighted by Crippen LogP contribution is 2.11. The van der Waals surface area contributed by atoms with Gasteiger partial charge in [-0.25, -0.2) is 0 Å². The molecule has 1 aliphatic heterocycles. The minimum absolute atomic E-state index is 0.228. The van der Waals surface area contributed by atoms with Crippen molar-refractivity contribution in [2.24, 2.45) is 0 Å². The molecule has 0 saturated carbocycles. The van der Waals surface area contributed by atoms with Crippen molar-refractivity contribution in [2.75, 3.05) is 19.6 Å². The molecule has 0 aromatic carbocycles. The van der Waals surface area contributed by atoms with Gasteiger partial charge in [-0.2, -0.15) is 0 Å². The zero-order valence-electron chi connectivity index (χ0n) is 9.92. The zero-order valence-corrected chi connectivity index (χ0v) is 9.92. The highest BCUT2D eigenvalue weighted by atomic mass is 16.3. The molecule has 0 bridgehead atoms. The first-order valence-electron chi connectivity index (χ1n) is 5.69. The van der Waals surface area contributed by atoms with Crippen molar-refractivity contribution in [3.05, 3.63) is 0 Å². The molecule has 15 heavy (non-hydrogen) atoms. The smallest absolute Gasteiger partial charge is 0.251 e. The van der Waals surface area contributed by atoms with E-state index in [1.54, 1.807) is 0 Å². The molecule has 1 aliphatic rings. The van der Waals surface area contributed by atoms with Gasteiger partial charge in [0.15, 0.2) is 0 Å². The highest BCUT2D eigenvalue weighted by molar-refractivity contribution is 5.84. The Hall–Kier alpha value is -0.610. The second-order valence-electron chi connectivity index (χ2n) is 4.74. The van der Waals surface area contributed by atoms with Crippen molar-refractivity contribution in [3.8, 4) is 0 Å². The molecule has 2 N–H and O–H groups in total. The van der Waals surface area contributed by atoms with Crippen LogP contribution in [0.15, 0.2) is 0 Å². The fourth-order valence-electron chi connectivity index (χ4n) is 1.76. The van der Waals surface area contributed by atoms with Gasteiger partial charge in [0.2, 0.25) is 0 Å². The van der Waals surface area contributed by atoms with Crippen molar-refractivity contribution < 1.29 is 9.90 Å². The molecule has 0 spiro atoms. The third kappa shape index (κ3) is 3.80. The van der Waals surface area contributed by atoms with Gasteiger partial charge in [-0.3, -0.25) is 4.79 Å². The molecule has 0 unspecified atom stereocenters. The number of piperidine rings is 1. The molecule has 1 heterocycles. The van der Waals surface area contributed by atoms with Gasteiger partial charge in [0, 0.05) is 19.1 Å². The molecule has 1 rings (SSSR count). The van der Waals surface area contributed by atoms with Crippen molar-refractivity contribution in [3.63, 3.8) is 0 Å². The third-order valence-electron chi connectivity index (χ3n) is 2.93. The van der Waals surface area contributed by atoms with Crippen molar-refractivity contribution in [1.29, 1.82) is 0 Å². The van der Waals surface area contributed by atoms with E-state index in [2.05, 4.69) is 17.1 Å². The lowest BCUT2D eigenvalue weighted by molar-refractivity contribution is -0.137. The molecule has 88 valence electrons. The molecule has 1 fully saturated rings. The van der Waals surface area contributed by atoms with Crippen LogP contribution in [0.1, 0.15) is 33.6 Å². The minimum Gasteiger partial charge on any atom is -0.381 e. The number of hydrogen-bond donors (Lipinski definition) is 2. The topological polar surface area (TPSA) is 52.6 Å². The summed E-state index contributed by atoms with van der Waals surface area (Å²) in [6.45, 7) is 8.33. The second kappa shape index (κ2) is 4.94. The van der Waals surface area contributed by atoms with Gasteiger partial charge in [0.25, 0.3) is 5.91 Å². The van der Waals surface area contributed by atoms with E-state index >= 15 is 0 Å². The molecule has 1 amide bonds. The Morgan fingerprint density at radius 2 is 2.00 bits per heavy atom. The summed E-state index contributed by atoms with van der Waals surface area (Å²) in [7, 11) is 0. The number of amides is 1. The summed E-state index contributed by atoms with van der Waals surface area (Å²) >= 11 is 0. The molecule has 1 saturated heterocycles. The number of carbonyl (C=O) groups excluding carboxylic acids is 1. The molecule has 0 aliphatic carbocycles. The number of likely N-dealkylation sites (tertiary alicyclic amines) is 1. The van der Waals surface area contributed by atoms with E-state index in [1.165, 1.54) is 13.8 Å². The maximum absolute atomic E-state index is 11.5. The summed E-state index contributed by atoms with van der Waals surface area (Å²) in [5.74, 6) is -0.266. The Morgan fingerprint density at radius 1 is 1.47 bits per heavy atom. The van der Waals surface area contributed by atoms with E-state index < -0.39 is 5.60 Å². The van der Waals surface area contributed by atoms with Crippen LogP contribution in [0.25, 0.3) is 0 Å². The average Bonchev–Trinajstić information content (AvgIpc) is 2.17. The van der Waals surface area contributed by atoms with Crippen molar-refractivity contribution >= 4 is 5.91 Å². The average molecular weight is 214 g/mol. The van der Waals surface area contributed by atoms with Gasteiger partial charge in [-0.15, -0.1) is 0 Å². The Bertz CT molecular complexity index is 215. The van der Waals surface area contributed by atoms with Gasteiger partial charge in [-0.05, 0) is 33.2 Å². The summed E-state index contributed by atoms with van der Waals surface area (Å²) in [4.78, 5) is 13.9. The number of nitrogens with one attached hydrogen (secondary N) is 1. The second-order valence-corrected chi connectivity index (χ2v) is 4.74. The van der Waals surface area contributed by atoms with Crippen LogP contribution in [0.5, 0.6) is 0 Å². The zero-order chi connectivity index (χ0) is 11.5. The molecule has 0 radical (unpaired) electrons. The molecular weight excluding hydrogens is 192 g/mol. The van der Waals surface area contributed by atoms with E-state index in [0.717, 1.165) is 32.5 Å². The number of nitrogens with zero attached hydrogens (tertiary/aromatic N) is 1. The largest absolute Gasteiger partial charge is 0.381 e. The van der Waals surface area contributed by atoms with E-state index in [0.29, 0.717) is 0 Å². The van der Waals surface area contributed by atoms with E-state index in [9.17, 15) is 9.90 Å². The maximum atomic E-state index is 11.5. The Morgan fingerprint density at radius 3 is 2.40 bits per heavy atom. The SMILES string of the molecule is CCN1CCC(NC(=O)C(C)(C)O)CC1. The maximum Gasteiger partial charge on any atom is 0.251 e. The van der Waals surface area contributed by atoms with Crippen LogP contribution in [-0.4, -0.2) is 47.2 Å². The highest BCUT2D eigenvalue weighted by Gasteiger charge is 2.27. The van der Waals surface area contributed by atoms with Crippen LogP contribution in [-0.2, 0) is 4.79 Å². The molecule has 4 nitrogen and oxygen atoms in total. The van der Waals surface area contributed by atoms with Gasteiger partial charge >= 0.3 is 0 Å². The monoisotopic (exact) mass is 214 g/mol. The van der Waals surface area contributed by atoms with Crippen LogP contribution >= 0.6 is 0 Å². The predicted molar refractivity (Wildman–Crippen MR) is 59.6 cm³/mol. The molecule has 0 atom stereocenters. The molecule has 4 heteroatoms.